The third kappa shape index (κ3) is 8.25. The lowest BCUT2D eigenvalue weighted by molar-refractivity contribution is 0.144. The number of carbonyl (C=O) groups excluding carboxylic acids is 1. The van der Waals surface area contributed by atoms with Gasteiger partial charge in [-0.2, -0.15) is 0 Å². The van der Waals surface area contributed by atoms with Gasteiger partial charge < -0.3 is 10.1 Å². The second-order valence-electron chi connectivity index (χ2n) is 4.71. The van der Waals surface area contributed by atoms with Crippen LogP contribution in [0.2, 0.25) is 0 Å². The Morgan fingerprint density at radius 3 is 2.63 bits per heavy atom. The average molecular weight is 263 g/mol. The number of aryl methyl sites for hydroxylation is 1. The molecule has 0 saturated carbocycles. The highest BCUT2D eigenvalue weighted by molar-refractivity contribution is 5.66. The molecule has 19 heavy (non-hydrogen) atoms. The van der Waals surface area contributed by atoms with Crippen LogP contribution in [0.1, 0.15) is 44.6 Å². The second kappa shape index (κ2) is 10.4. The molecule has 1 aromatic rings. The summed E-state index contributed by atoms with van der Waals surface area (Å²) in [6.45, 7) is 3.33. The molecule has 0 atom stereocenters. The van der Waals surface area contributed by atoms with E-state index >= 15 is 0 Å². The summed E-state index contributed by atoms with van der Waals surface area (Å²) in [7, 11) is 0. The van der Waals surface area contributed by atoms with Crippen molar-refractivity contribution in [1.82, 2.24) is 5.32 Å². The molecule has 0 bridgehead atoms. The molecule has 106 valence electrons. The molecule has 1 N–H and O–H groups in total. The lowest BCUT2D eigenvalue weighted by Gasteiger charge is -2.06. The topological polar surface area (TPSA) is 38.3 Å². The number of amides is 1. The summed E-state index contributed by atoms with van der Waals surface area (Å²) < 4.78 is 5.09. The van der Waals surface area contributed by atoms with Crippen molar-refractivity contribution >= 4 is 6.09 Å². The highest BCUT2D eigenvalue weighted by atomic mass is 16.5. The van der Waals surface area contributed by atoms with E-state index in [4.69, 9.17) is 4.74 Å². The van der Waals surface area contributed by atoms with Gasteiger partial charge in [0.1, 0.15) is 0 Å². The number of carbonyl (C=O) groups is 1. The molecule has 3 nitrogen and oxygen atoms in total. The van der Waals surface area contributed by atoms with E-state index in [1.807, 2.05) is 6.07 Å². The predicted molar refractivity (Wildman–Crippen MR) is 78.3 cm³/mol. The Kier molecular flexibility index (Phi) is 8.52. The van der Waals surface area contributed by atoms with E-state index < -0.39 is 0 Å². The van der Waals surface area contributed by atoms with Crippen LogP contribution < -0.4 is 5.32 Å². The van der Waals surface area contributed by atoms with Crippen molar-refractivity contribution in [2.75, 3.05) is 13.2 Å². The smallest absolute Gasteiger partial charge is 0.407 e. The molecule has 0 aliphatic heterocycles. The fourth-order valence-electron chi connectivity index (χ4n) is 1.84. The van der Waals surface area contributed by atoms with E-state index in [2.05, 4.69) is 36.5 Å². The maximum absolute atomic E-state index is 11.2. The number of benzene rings is 1. The van der Waals surface area contributed by atoms with Crippen LogP contribution in [0.15, 0.2) is 30.3 Å². The molecule has 0 aliphatic rings. The number of hydrogen-bond donors (Lipinski definition) is 1. The fraction of sp³-hybridized carbons (Fsp3) is 0.562. The van der Waals surface area contributed by atoms with E-state index in [1.54, 1.807) is 0 Å². The van der Waals surface area contributed by atoms with Crippen molar-refractivity contribution in [2.45, 2.75) is 45.4 Å². The van der Waals surface area contributed by atoms with E-state index in [9.17, 15) is 4.79 Å². The minimum absolute atomic E-state index is 0.281. The maximum atomic E-state index is 11.2. The van der Waals surface area contributed by atoms with Gasteiger partial charge in [-0.1, -0.05) is 43.7 Å². The SMILES string of the molecule is CCCCNC(=O)OCCCCCc1ccccc1. The van der Waals surface area contributed by atoms with E-state index in [-0.39, 0.29) is 6.09 Å². The molecular formula is C16H25NO2. The van der Waals surface area contributed by atoms with Crippen LogP contribution >= 0.6 is 0 Å². The summed E-state index contributed by atoms with van der Waals surface area (Å²) >= 11 is 0. The number of nitrogens with one attached hydrogen (secondary N) is 1. The van der Waals surface area contributed by atoms with Gasteiger partial charge in [-0.05, 0) is 37.7 Å². The lowest BCUT2D eigenvalue weighted by Crippen LogP contribution is -2.25. The van der Waals surface area contributed by atoms with Gasteiger partial charge in [-0.3, -0.25) is 0 Å². The van der Waals surface area contributed by atoms with Gasteiger partial charge in [0.25, 0.3) is 0 Å². The summed E-state index contributed by atoms with van der Waals surface area (Å²) in [6.07, 6.45) is 6.09. The molecule has 0 heterocycles. The van der Waals surface area contributed by atoms with Crippen LogP contribution in [-0.4, -0.2) is 19.2 Å². The fourth-order valence-corrected chi connectivity index (χ4v) is 1.84. The van der Waals surface area contributed by atoms with Crippen LogP contribution in [0.3, 0.4) is 0 Å². The zero-order valence-electron chi connectivity index (χ0n) is 11.9. The highest BCUT2D eigenvalue weighted by Crippen LogP contribution is 2.06. The lowest BCUT2D eigenvalue weighted by atomic mass is 10.1. The Morgan fingerprint density at radius 2 is 1.89 bits per heavy atom. The van der Waals surface area contributed by atoms with Crippen LogP contribution in [0.5, 0.6) is 0 Å². The summed E-state index contributed by atoms with van der Waals surface area (Å²) in [5, 5.41) is 2.74. The number of ether oxygens (including phenoxy) is 1. The van der Waals surface area contributed by atoms with E-state index in [0.717, 1.165) is 38.5 Å². The van der Waals surface area contributed by atoms with Gasteiger partial charge in [0.2, 0.25) is 0 Å². The molecule has 0 aromatic heterocycles. The molecule has 3 heteroatoms. The van der Waals surface area contributed by atoms with Crippen LogP contribution in [-0.2, 0) is 11.2 Å². The third-order valence-corrected chi connectivity index (χ3v) is 2.99. The molecule has 0 spiro atoms. The van der Waals surface area contributed by atoms with Gasteiger partial charge >= 0.3 is 6.09 Å². The quantitative estimate of drug-likeness (QED) is 0.686. The van der Waals surface area contributed by atoms with Crippen molar-refractivity contribution in [1.29, 1.82) is 0 Å². The largest absolute Gasteiger partial charge is 0.450 e. The Morgan fingerprint density at radius 1 is 1.11 bits per heavy atom. The summed E-state index contributed by atoms with van der Waals surface area (Å²) in [4.78, 5) is 11.2. The van der Waals surface area contributed by atoms with Crippen molar-refractivity contribution < 1.29 is 9.53 Å². The van der Waals surface area contributed by atoms with E-state index in [1.165, 1.54) is 5.56 Å². The van der Waals surface area contributed by atoms with Gasteiger partial charge in [0, 0.05) is 6.54 Å². The first kappa shape index (κ1) is 15.5. The van der Waals surface area contributed by atoms with Gasteiger partial charge in [-0.15, -0.1) is 0 Å². The number of alkyl carbamates (subject to hydrolysis) is 1. The average Bonchev–Trinajstić information content (AvgIpc) is 2.44. The Bertz CT molecular complexity index is 338. The van der Waals surface area contributed by atoms with Crippen LogP contribution in [0.25, 0.3) is 0 Å². The second-order valence-corrected chi connectivity index (χ2v) is 4.71. The first-order valence-corrected chi connectivity index (χ1v) is 7.27. The minimum Gasteiger partial charge on any atom is -0.450 e. The van der Waals surface area contributed by atoms with Crippen LogP contribution in [0, 0.1) is 0 Å². The van der Waals surface area contributed by atoms with Gasteiger partial charge in [0.05, 0.1) is 6.61 Å². The standard InChI is InChI=1S/C16H25NO2/c1-2-3-13-17-16(18)19-14-9-5-8-12-15-10-6-4-7-11-15/h4,6-7,10-11H,2-3,5,8-9,12-14H2,1H3,(H,17,18). The highest BCUT2D eigenvalue weighted by Gasteiger charge is 2.00. The molecule has 0 aliphatic carbocycles. The number of rotatable bonds is 9. The normalized spacial score (nSPS) is 10.2. The molecule has 0 radical (unpaired) electrons. The van der Waals surface area contributed by atoms with Crippen molar-refractivity contribution in [3.63, 3.8) is 0 Å². The maximum Gasteiger partial charge on any atom is 0.407 e. The first-order valence-electron chi connectivity index (χ1n) is 7.27. The summed E-state index contributed by atoms with van der Waals surface area (Å²) in [5.74, 6) is 0. The van der Waals surface area contributed by atoms with Gasteiger partial charge in [-0.25, -0.2) is 4.79 Å². The molecule has 0 saturated heterocycles. The summed E-state index contributed by atoms with van der Waals surface area (Å²) in [6, 6.07) is 10.5. The van der Waals surface area contributed by atoms with Crippen LogP contribution in [0.4, 0.5) is 4.79 Å². The van der Waals surface area contributed by atoms with Gasteiger partial charge in [0.15, 0.2) is 0 Å². The number of hydrogen-bond acceptors (Lipinski definition) is 2. The van der Waals surface area contributed by atoms with Crippen molar-refractivity contribution in [3.05, 3.63) is 35.9 Å². The molecule has 0 fully saturated rings. The molecule has 0 unspecified atom stereocenters. The Hall–Kier alpha value is -1.51. The monoisotopic (exact) mass is 263 g/mol. The number of unbranched alkanes of at least 4 members (excludes halogenated alkanes) is 3. The van der Waals surface area contributed by atoms with Crippen molar-refractivity contribution in [3.8, 4) is 0 Å². The zero-order chi connectivity index (χ0) is 13.8. The Balaban J connectivity index is 1.92. The van der Waals surface area contributed by atoms with E-state index in [0.29, 0.717) is 13.2 Å². The first-order chi connectivity index (χ1) is 9.33. The minimum atomic E-state index is -0.281. The molecule has 1 rings (SSSR count). The predicted octanol–water partition coefficient (Wildman–Crippen LogP) is 3.93. The molecular weight excluding hydrogens is 238 g/mol. The third-order valence-electron chi connectivity index (χ3n) is 2.99. The molecule has 1 amide bonds. The zero-order valence-corrected chi connectivity index (χ0v) is 11.9. The Labute approximate surface area is 116 Å². The molecule has 1 aromatic carbocycles. The summed E-state index contributed by atoms with van der Waals surface area (Å²) in [5.41, 5.74) is 1.38. The van der Waals surface area contributed by atoms with Crippen molar-refractivity contribution in [2.24, 2.45) is 0 Å².